The third kappa shape index (κ3) is 4.58. The molecule has 1 saturated heterocycles. The van der Waals surface area contributed by atoms with E-state index in [0.717, 1.165) is 19.4 Å². The molecule has 1 aliphatic rings. The minimum atomic E-state index is -4.70. The normalized spacial score (nSPS) is 19.5. The SMILES string of the molecule is FC(F)(F)Oc1ccc(OC[C@@H]2CCCN2)cc1Br. The molecule has 0 aromatic heterocycles. The lowest BCUT2D eigenvalue weighted by Crippen LogP contribution is -2.28. The van der Waals surface area contributed by atoms with Crippen molar-refractivity contribution in [2.24, 2.45) is 0 Å². The molecule has 0 aliphatic carbocycles. The monoisotopic (exact) mass is 339 g/mol. The average Bonchev–Trinajstić information content (AvgIpc) is 2.81. The van der Waals surface area contributed by atoms with Crippen LogP contribution in [0.5, 0.6) is 11.5 Å². The van der Waals surface area contributed by atoms with E-state index < -0.39 is 6.36 Å². The molecule has 19 heavy (non-hydrogen) atoms. The standard InChI is InChI=1S/C12H13BrF3NO2/c13-10-6-9(18-7-8-2-1-5-17-8)3-4-11(10)19-12(14,15)16/h3-4,6,8,17H,1-2,5,7H2/t8-/m0/s1. The minimum absolute atomic E-state index is 0.210. The third-order valence-corrected chi connectivity index (χ3v) is 3.36. The number of alkyl halides is 3. The van der Waals surface area contributed by atoms with E-state index in [1.807, 2.05) is 0 Å². The predicted molar refractivity (Wildman–Crippen MR) is 67.3 cm³/mol. The van der Waals surface area contributed by atoms with Gasteiger partial charge in [-0.2, -0.15) is 0 Å². The van der Waals surface area contributed by atoms with E-state index >= 15 is 0 Å². The molecular weight excluding hydrogens is 327 g/mol. The number of hydrogen-bond donors (Lipinski definition) is 1. The van der Waals surface area contributed by atoms with Crippen LogP contribution < -0.4 is 14.8 Å². The van der Waals surface area contributed by atoms with E-state index in [2.05, 4.69) is 26.0 Å². The molecule has 0 bridgehead atoms. The van der Waals surface area contributed by atoms with Crippen molar-refractivity contribution in [1.82, 2.24) is 5.32 Å². The molecule has 1 atom stereocenters. The highest BCUT2D eigenvalue weighted by Crippen LogP contribution is 2.33. The molecule has 0 radical (unpaired) electrons. The van der Waals surface area contributed by atoms with Crippen LogP contribution in [0, 0.1) is 0 Å². The number of benzene rings is 1. The van der Waals surface area contributed by atoms with E-state index in [1.165, 1.54) is 18.2 Å². The zero-order chi connectivity index (χ0) is 13.9. The highest BCUT2D eigenvalue weighted by atomic mass is 79.9. The molecule has 0 spiro atoms. The first-order valence-corrected chi connectivity index (χ1v) is 6.65. The van der Waals surface area contributed by atoms with Crippen LogP contribution in [0.25, 0.3) is 0 Å². The Hall–Kier alpha value is -0.950. The molecule has 106 valence electrons. The van der Waals surface area contributed by atoms with Crippen molar-refractivity contribution in [3.63, 3.8) is 0 Å². The van der Waals surface area contributed by atoms with Crippen LogP contribution in [0.4, 0.5) is 13.2 Å². The Morgan fingerprint density at radius 3 is 2.74 bits per heavy atom. The fourth-order valence-electron chi connectivity index (χ4n) is 1.87. The first-order chi connectivity index (χ1) is 8.94. The number of rotatable bonds is 4. The Kier molecular flexibility index (Phi) is 4.57. The largest absolute Gasteiger partial charge is 0.573 e. The molecule has 1 aliphatic heterocycles. The van der Waals surface area contributed by atoms with Crippen LogP contribution in [0.2, 0.25) is 0 Å². The van der Waals surface area contributed by atoms with Crippen molar-refractivity contribution in [3.05, 3.63) is 22.7 Å². The molecule has 1 heterocycles. The molecule has 1 N–H and O–H groups in total. The van der Waals surface area contributed by atoms with E-state index in [0.29, 0.717) is 18.4 Å². The van der Waals surface area contributed by atoms with Gasteiger partial charge in [-0.25, -0.2) is 0 Å². The second-order valence-electron chi connectivity index (χ2n) is 4.24. The molecular formula is C12H13BrF3NO2. The topological polar surface area (TPSA) is 30.5 Å². The maximum atomic E-state index is 12.1. The summed E-state index contributed by atoms with van der Waals surface area (Å²) >= 11 is 3.03. The van der Waals surface area contributed by atoms with Gasteiger partial charge >= 0.3 is 6.36 Å². The molecule has 0 saturated carbocycles. The summed E-state index contributed by atoms with van der Waals surface area (Å²) in [5, 5.41) is 3.27. The van der Waals surface area contributed by atoms with Gasteiger partial charge in [0.15, 0.2) is 0 Å². The zero-order valence-corrected chi connectivity index (χ0v) is 11.6. The van der Waals surface area contributed by atoms with Crippen LogP contribution in [0.1, 0.15) is 12.8 Å². The summed E-state index contributed by atoms with van der Waals surface area (Å²) in [4.78, 5) is 0. The molecule has 1 fully saturated rings. The lowest BCUT2D eigenvalue weighted by atomic mass is 10.2. The maximum absolute atomic E-state index is 12.1. The number of nitrogens with one attached hydrogen (secondary N) is 1. The van der Waals surface area contributed by atoms with Gasteiger partial charge in [-0.15, -0.1) is 13.2 Å². The number of halogens is 4. The van der Waals surface area contributed by atoms with Crippen molar-refractivity contribution < 1.29 is 22.6 Å². The smallest absolute Gasteiger partial charge is 0.492 e. The van der Waals surface area contributed by atoms with Crippen molar-refractivity contribution in [1.29, 1.82) is 0 Å². The van der Waals surface area contributed by atoms with Crippen LogP contribution in [0.15, 0.2) is 22.7 Å². The van der Waals surface area contributed by atoms with E-state index in [-0.39, 0.29) is 10.2 Å². The summed E-state index contributed by atoms with van der Waals surface area (Å²) in [6.45, 7) is 1.49. The zero-order valence-electron chi connectivity index (χ0n) is 9.97. The Morgan fingerprint density at radius 2 is 2.16 bits per heavy atom. The summed E-state index contributed by atoms with van der Waals surface area (Å²) in [7, 11) is 0. The van der Waals surface area contributed by atoms with Crippen LogP contribution in [-0.2, 0) is 0 Å². The van der Waals surface area contributed by atoms with Gasteiger partial charge in [-0.05, 0) is 53.5 Å². The van der Waals surface area contributed by atoms with Gasteiger partial charge in [0.1, 0.15) is 18.1 Å². The van der Waals surface area contributed by atoms with Crippen molar-refractivity contribution in [2.75, 3.05) is 13.2 Å². The third-order valence-electron chi connectivity index (χ3n) is 2.74. The van der Waals surface area contributed by atoms with Crippen LogP contribution >= 0.6 is 15.9 Å². The second-order valence-corrected chi connectivity index (χ2v) is 5.10. The van der Waals surface area contributed by atoms with Crippen molar-refractivity contribution in [3.8, 4) is 11.5 Å². The fourth-order valence-corrected chi connectivity index (χ4v) is 2.31. The van der Waals surface area contributed by atoms with E-state index in [4.69, 9.17) is 4.74 Å². The van der Waals surface area contributed by atoms with Gasteiger partial charge in [-0.1, -0.05) is 0 Å². The van der Waals surface area contributed by atoms with Gasteiger partial charge in [0.05, 0.1) is 4.47 Å². The van der Waals surface area contributed by atoms with Crippen LogP contribution in [-0.4, -0.2) is 25.6 Å². The van der Waals surface area contributed by atoms with Crippen molar-refractivity contribution in [2.45, 2.75) is 25.2 Å². The lowest BCUT2D eigenvalue weighted by Gasteiger charge is -2.14. The molecule has 0 amide bonds. The Bertz CT molecular complexity index is 433. The predicted octanol–water partition coefficient (Wildman–Crippen LogP) is 3.48. The quantitative estimate of drug-likeness (QED) is 0.910. The van der Waals surface area contributed by atoms with E-state index in [9.17, 15) is 13.2 Å². The van der Waals surface area contributed by atoms with Gasteiger partial charge in [-0.3, -0.25) is 0 Å². The molecule has 2 rings (SSSR count). The fraction of sp³-hybridized carbons (Fsp3) is 0.500. The maximum Gasteiger partial charge on any atom is 0.573 e. The first-order valence-electron chi connectivity index (χ1n) is 5.85. The highest BCUT2D eigenvalue weighted by Gasteiger charge is 2.32. The molecule has 1 aromatic rings. The number of hydrogen-bond acceptors (Lipinski definition) is 3. The second kappa shape index (κ2) is 6.00. The summed E-state index contributed by atoms with van der Waals surface area (Å²) in [5.41, 5.74) is 0. The minimum Gasteiger partial charge on any atom is -0.492 e. The van der Waals surface area contributed by atoms with Gasteiger partial charge in [0, 0.05) is 6.04 Å². The van der Waals surface area contributed by atoms with Gasteiger partial charge < -0.3 is 14.8 Å². The first kappa shape index (κ1) is 14.5. The highest BCUT2D eigenvalue weighted by molar-refractivity contribution is 9.10. The molecule has 7 heteroatoms. The van der Waals surface area contributed by atoms with Crippen molar-refractivity contribution >= 4 is 15.9 Å². The average molecular weight is 340 g/mol. The molecule has 1 aromatic carbocycles. The Labute approximate surface area is 117 Å². The van der Waals surface area contributed by atoms with Crippen LogP contribution in [0.3, 0.4) is 0 Å². The number of ether oxygens (including phenoxy) is 2. The Balaban J connectivity index is 1.94. The van der Waals surface area contributed by atoms with Gasteiger partial charge in [0.2, 0.25) is 0 Å². The summed E-state index contributed by atoms with van der Waals surface area (Å²) in [6, 6.07) is 4.47. The van der Waals surface area contributed by atoms with Gasteiger partial charge in [0.25, 0.3) is 0 Å². The summed E-state index contributed by atoms with van der Waals surface area (Å²) in [6.07, 6.45) is -2.52. The summed E-state index contributed by atoms with van der Waals surface area (Å²) in [5.74, 6) is 0.231. The molecule has 3 nitrogen and oxygen atoms in total. The summed E-state index contributed by atoms with van der Waals surface area (Å²) < 4.78 is 45.9. The van der Waals surface area contributed by atoms with E-state index in [1.54, 1.807) is 0 Å². The Morgan fingerprint density at radius 1 is 1.37 bits per heavy atom. The molecule has 0 unspecified atom stereocenters. The lowest BCUT2D eigenvalue weighted by molar-refractivity contribution is -0.274.